The maximum atomic E-state index is 9.59. The number of para-hydroxylation sites is 2. The van der Waals surface area contributed by atoms with Gasteiger partial charge in [0.05, 0.1) is 37.0 Å². The minimum atomic E-state index is -1.11. The lowest BCUT2D eigenvalue weighted by Crippen LogP contribution is -1.91. The molecule has 9 rings (SSSR count). The molecule has 8 aromatic carbocycles. The van der Waals surface area contributed by atoms with E-state index in [-0.39, 0.29) is 0 Å². The van der Waals surface area contributed by atoms with Crippen molar-refractivity contribution in [2.45, 2.75) is 0 Å². The molecule has 1 nitrogen and oxygen atoms in total. The Morgan fingerprint density at radius 2 is 0.844 bits per heavy atom. The molecule has 0 aliphatic heterocycles. The van der Waals surface area contributed by atoms with Crippen LogP contribution in [0.1, 0.15) is 37.0 Å². The van der Waals surface area contributed by atoms with Crippen LogP contribution in [-0.2, 0) is 0 Å². The zero-order valence-electron chi connectivity index (χ0n) is 49.5. The average molecular weight is 600 g/mol. The number of rotatable bonds is 4. The highest BCUT2D eigenvalue weighted by Gasteiger charge is 2.20. The zero-order chi connectivity index (χ0) is 53.2. The molecule has 45 heavy (non-hydrogen) atoms. The highest BCUT2D eigenvalue weighted by Crippen LogP contribution is 2.46. The van der Waals surface area contributed by atoms with E-state index in [0.29, 0.717) is 0 Å². The zero-order valence-corrected chi connectivity index (χ0v) is 22.5. The Bertz CT molecular complexity index is 3950. The summed E-state index contributed by atoms with van der Waals surface area (Å²) >= 11 is 0. The molecule has 0 amide bonds. The van der Waals surface area contributed by atoms with Crippen LogP contribution >= 0.6 is 0 Å². The number of benzene rings is 8. The molecule has 0 radical (unpaired) electrons. The van der Waals surface area contributed by atoms with Crippen molar-refractivity contribution in [1.29, 1.82) is 0 Å². The van der Waals surface area contributed by atoms with Crippen LogP contribution in [0.5, 0.6) is 0 Å². The normalized spacial score (nSPS) is 20.0. The van der Waals surface area contributed by atoms with Gasteiger partial charge in [-0.1, -0.05) is 163 Å². The molecule has 0 bridgehead atoms. The molecule has 0 saturated carbocycles. The van der Waals surface area contributed by atoms with E-state index >= 15 is 0 Å². The Labute approximate surface area is 299 Å². The van der Waals surface area contributed by atoms with Crippen LogP contribution in [0.4, 0.5) is 0 Å². The Kier molecular flexibility index (Phi) is 2.38. The van der Waals surface area contributed by atoms with E-state index in [1.54, 1.807) is 0 Å². The Hall–Kier alpha value is -5.92. The SMILES string of the molecule is [2H]c1cc(-c2c([2H])c([2H])c([2H])c([2H])c2-c2c([2H])c([2H])c(-c3c4c([2H])c([2H])c([2H])c([2H])c4c(-c4c([2H])c([2H])c([2H])c5c4oc4c([2H])c([2H])c([2H])c([2H])c45)c4c([2H])c([2H])c([2H])c([2H])c34)c([2H])c2[2H])c([2H])c([2H])c1[2H]. The van der Waals surface area contributed by atoms with Crippen molar-refractivity contribution in [2.24, 2.45) is 0 Å². The third-order valence-corrected chi connectivity index (χ3v) is 7.19. The van der Waals surface area contributed by atoms with Gasteiger partial charge in [-0.25, -0.2) is 0 Å². The highest BCUT2D eigenvalue weighted by molar-refractivity contribution is 6.24. The van der Waals surface area contributed by atoms with Gasteiger partial charge in [-0.05, 0) is 61.0 Å². The first-order chi connectivity index (χ1) is 33.6. The fourth-order valence-corrected chi connectivity index (χ4v) is 5.31. The van der Waals surface area contributed by atoms with Gasteiger partial charge < -0.3 is 4.42 Å². The first-order valence-corrected chi connectivity index (χ1v) is 13.2. The molecule has 0 aliphatic carbocycles. The molecular formula is C44H28O. The van der Waals surface area contributed by atoms with Gasteiger partial charge in [-0.2, -0.15) is 0 Å². The first kappa shape index (κ1) is 10.3. The molecule has 0 saturated heterocycles. The summed E-state index contributed by atoms with van der Waals surface area (Å²) in [6.45, 7) is 0. The van der Waals surface area contributed by atoms with Crippen molar-refractivity contribution in [2.75, 3.05) is 0 Å². The molecule has 0 unspecified atom stereocenters. The second-order valence-corrected chi connectivity index (χ2v) is 9.59. The molecular weight excluding hydrogens is 544 g/mol. The predicted molar refractivity (Wildman–Crippen MR) is 190 cm³/mol. The monoisotopic (exact) mass is 599 g/mol. The summed E-state index contributed by atoms with van der Waals surface area (Å²) in [6.07, 6.45) is 0. The van der Waals surface area contributed by atoms with Crippen molar-refractivity contribution in [3.63, 3.8) is 0 Å². The van der Waals surface area contributed by atoms with E-state index in [0.717, 1.165) is 6.07 Å². The summed E-state index contributed by atoms with van der Waals surface area (Å²) < 4.78 is 247. The van der Waals surface area contributed by atoms with Crippen molar-refractivity contribution >= 4 is 43.5 Å². The molecule has 1 heterocycles. The van der Waals surface area contributed by atoms with Crippen LogP contribution in [0, 0.1) is 0 Å². The van der Waals surface area contributed by atoms with E-state index in [2.05, 4.69) is 0 Å². The molecule has 1 aromatic heterocycles. The summed E-state index contributed by atoms with van der Waals surface area (Å²) in [5.74, 6) is 0. The first-order valence-electron chi connectivity index (χ1n) is 26.7. The van der Waals surface area contributed by atoms with Gasteiger partial charge >= 0.3 is 0 Å². The molecule has 1 heteroatoms. The molecule has 9 aromatic rings. The van der Waals surface area contributed by atoms with Crippen LogP contribution in [0.3, 0.4) is 0 Å². The second kappa shape index (κ2) is 10.4. The van der Waals surface area contributed by atoms with Crippen molar-refractivity contribution in [1.82, 2.24) is 0 Å². The molecule has 0 atom stereocenters. The van der Waals surface area contributed by atoms with Crippen LogP contribution in [-0.4, -0.2) is 0 Å². The van der Waals surface area contributed by atoms with Gasteiger partial charge in [0.1, 0.15) is 11.2 Å². The Balaban J connectivity index is 1.55. The van der Waals surface area contributed by atoms with E-state index in [4.69, 9.17) is 29.1 Å². The van der Waals surface area contributed by atoms with Gasteiger partial charge in [0.25, 0.3) is 0 Å². The van der Waals surface area contributed by atoms with E-state index in [1.807, 2.05) is 0 Å². The smallest absolute Gasteiger partial charge is 0.143 e. The second-order valence-electron chi connectivity index (χ2n) is 9.59. The van der Waals surface area contributed by atoms with Crippen LogP contribution in [0.25, 0.3) is 88.0 Å². The predicted octanol–water partition coefficient (Wildman–Crippen LogP) is 12.6. The maximum absolute atomic E-state index is 9.59. The van der Waals surface area contributed by atoms with Gasteiger partial charge in [0, 0.05) is 21.9 Å². The largest absolute Gasteiger partial charge is 0.455 e. The minimum absolute atomic E-state index is 0.424. The van der Waals surface area contributed by atoms with Crippen LogP contribution in [0.15, 0.2) is 174 Å². The average Bonchev–Trinajstić information content (AvgIpc) is 3.75. The Morgan fingerprint density at radius 3 is 1.56 bits per heavy atom. The minimum Gasteiger partial charge on any atom is -0.455 e. The highest BCUT2D eigenvalue weighted by atomic mass is 16.3. The van der Waals surface area contributed by atoms with Crippen molar-refractivity contribution in [3.05, 3.63) is 169 Å². The fraction of sp³-hybridized carbons (Fsp3) is 0. The van der Waals surface area contributed by atoms with Gasteiger partial charge in [0.2, 0.25) is 0 Å². The quantitative estimate of drug-likeness (QED) is 0.183. The van der Waals surface area contributed by atoms with Crippen LogP contribution in [0.2, 0.25) is 0 Å². The lowest BCUT2D eigenvalue weighted by molar-refractivity contribution is 0.670. The summed E-state index contributed by atoms with van der Waals surface area (Å²) in [5.41, 5.74) is -6.89. The molecule has 0 fully saturated rings. The number of furan rings is 1. The standard InChI is InChI=1S/C44H28O/c1-2-13-29(14-3-1)32-15-4-5-16-33(32)30-25-27-31(28-26-30)42-35-18-6-8-20-37(35)43(38-21-9-7-19-36(38)42)40-23-12-22-39-34-17-10-11-24-41(34)45-44(39)40/h1-28H/i1D,2D,3D,4D,5D,6D,7D,8D,9D,10D,11D,12D,13D,15D,16D,17D,18D,19D,20D,21D,22D,23D,24D,25D,26D,27D,28D. The number of hydrogen-bond acceptors (Lipinski definition) is 1. The maximum Gasteiger partial charge on any atom is 0.143 e. The molecule has 210 valence electrons. The topological polar surface area (TPSA) is 13.1 Å². The summed E-state index contributed by atoms with van der Waals surface area (Å²) in [4.78, 5) is 0. The van der Waals surface area contributed by atoms with Crippen LogP contribution < -0.4 is 0 Å². The number of fused-ring (bicyclic) bond motifs is 5. The third kappa shape index (κ3) is 4.09. The lowest BCUT2D eigenvalue weighted by Gasteiger charge is -2.18. The number of hydrogen-bond donors (Lipinski definition) is 0. The van der Waals surface area contributed by atoms with E-state index in [9.17, 15) is 12.3 Å². The van der Waals surface area contributed by atoms with Crippen molar-refractivity contribution < 1.29 is 41.4 Å². The summed E-state index contributed by atoms with van der Waals surface area (Å²) in [5, 5.41) is -3.79. The Morgan fingerprint density at radius 1 is 0.333 bits per heavy atom. The van der Waals surface area contributed by atoms with Gasteiger partial charge in [-0.15, -0.1) is 0 Å². The molecule has 0 N–H and O–H groups in total. The van der Waals surface area contributed by atoms with E-state index < -0.39 is 251 Å². The summed E-state index contributed by atoms with van der Waals surface area (Å²) in [6, 6.07) is -23.7. The van der Waals surface area contributed by atoms with Gasteiger partial charge in [-0.3, -0.25) is 0 Å². The van der Waals surface area contributed by atoms with Crippen molar-refractivity contribution in [3.8, 4) is 44.5 Å². The molecule has 0 aliphatic rings. The van der Waals surface area contributed by atoms with E-state index in [1.165, 1.54) is 0 Å². The molecule has 0 spiro atoms. The summed E-state index contributed by atoms with van der Waals surface area (Å²) in [7, 11) is 0. The fourth-order valence-electron chi connectivity index (χ4n) is 5.31. The van der Waals surface area contributed by atoms with Gasteiger partial charge in [0.15, 0.2) is 0 Å². The lowest BCUT2D eigenvalue weighted by atomic mass is 9.85. The third-order valence-electron chi connectivity index (χ3n) is 7.19.